The Labute approximate surface area is 232 Å². The van der Waals surface area contributed by atoms with Crippen LogP contribution in [-0.2, 0) is 12.8 Å². The number of nitrogens with zero attached hydrogens (tertiary/aromatic N) is 2. The molecule has 4 rings (SSSR count). The number of hydrogen-bond donors (Lipinski definition) is 1. The topological polar surface area (TPSA) is 72.2 Å². The molecule has 38 heavy (non-hydrogen) atoms. The third-order valence-electron chi connectivity index (χ3n) is 6.71. The van der Waals surface area contributed by atoms with Gasteiger partial charge in [-0.2, -0.15) is 0 Å². The number of carbonyl (C=O) groups is 1. The summed E-state index contributed by atoms with van der Waals surface area (Å²) in [4.78, 5) is 32.7. The second kappa shape index (κ2) is 12.2. The number of ketones is 1. The molecule has 0 bridgehead atoms. The minimum atomic E-state index is -0.181. The van der Waals surface area contributed by atoms with E-state index >= 15 is 0 Å². The highest BCUT2D eigenvalue weighted by Gasteiger charge is 2.26. The summed E-state index contributed by atoms with van der Waals surface area (Å²) in [6, 6.07) is 15.3. The maximum Gasteiger partial charge on any atom is 0.265 e. The van der Waals surface area contributed by atoms with E-state index in [-0.39, 0.29) is 30.3 Å². The van der Waals surface area contributed by atoms with Crippen molar-refractivity contribution in [2.75, 3.05) is 6.61 Å². The van der Waals surface area contributed by atoms with Gasteiger partial charge < -0.3 is 5.11 Å². The summed E-state index contributed by atoms with van der Waals surface area (Å²) < 4.78 is 1.77. The van der Waals surface area contributed by atoms with Crippen LogP contribution >= 0.6 is 22.9 Å². The standard InChI is InChI=1S/C31H33ClN2O3S/c1-5-20-9-7-10-21(6-2)29(20)34-28(19(3)4)24(27(36)11-8-16-35)17-25(31(34)37)30-33-26(18-38-30)22-12-14-23(32)15-13-22/h7,9-10,12-15,17-19,35H,5-6,8,11,16H2,1-4H3. The highest BCUT2D eigenvalue weighted by molar-refractivity contribution is 7.13. The largest absolute Gasteiger partial charge is 0.396 e. The Balaban J connectivity index is 2.04. The zero-order chi connectivity index (χ0) is 27.4. The Morgan fingerprint density at radius 2 is 1.74 bits per heavy atom. The fraction of sp³-hybridized carbons (Fsp3) is 0.323. The molecule has 0 radical (unpaired) electrons. The quantitative estimate of drug-likeness (QED) is 0.208. The Bertz CT molecular complexity index is 1480. The summed E-state index contributed by atoms with van der Waals surface area (Å²) in [5.74, 6) is -0.167. The van der Waals surface area contributed by atoms with Gasteiger partial charge >= 0.3 is 0 Å². The Hall–Kier alpha value is -3.06. The minimum absolute atomic E-state index is 0.0647. The van der Waals surface area contributed by atoms with Gasteiger partial charge in [0.05, 0.1) is 16.9 Å². The zero-order valence-corrected chi connectivity index (χ0v) is 23.8. The van der Waals surface area contributed by atoms with Crippen LogP contribution in [0.5, 0.6) is 0 Å². The fourth-order valence-electron chi connectivity index (χ4n) is 4.83. The average Bonchev–Trinajstić information content (AvgIpc) is 3.41. The first-order chi connectivity index (χ1) is 18.3. The van der Waals surface area contributed by atoms with Crippen molar-refractivity contribution in [3.63, 3.8) is 0 Å². The number of carbonyl (C=O) groups excluding carboxylic acids is 1. The maximum absolute atomic E-state index is 14.4. The number of thiazole rings is 1. The van der Waals surface area contributed by atoms with E-state index in [4.69, 9.17) is 16.6 Å². The van der Waals surface area contributed by atoms with Crippen LogP contribution in [0.3, 0.4) is 0 Å². The third-order valence-corrected chi connectivity index (χ3v) is 7.84. The van der Waals surface area contributed by atoms with E-state index in [0.717, 1.165) is 40.9 Å². The highest BCUT2D eigenvalue weighted by Crippen LogP contribution is 2.33. The molecule has 0 aliphatic rings. The summed E-state index contributed by atoms with van der Waals surface area (Å²) in [5, 5.41) is 12.5. The van der Waals surface area contributed by atoms with Crippen LogP contribution in [0.1, 0.15) is 73.6 Å². The molecule has 0 saturated heterocycles. The number of aliphatic hydroxyl groups is 1. The molecular weight excluding hydrogens is 516 g/mol. The second-order valence-corrected chi connectivity index (χ2v) is 10.9. The van der Waals surface area contributed by atoms with Gasteiger partial charge in [-0.25, -0.2) is 4.98 Å². The lowest BCUT2D eigenvalue weighted by Crippen LogP contribution is -2.29. The van der Waals surface area contributed by atoms with Crippen LogP contribution in [-0.4, -0.2) is 27.0 Å². The van der Waals surface area contributed by atoms with Gasteiger partial charge in [-0.3, -0.25) is 14.2 Å². The predicted molar refractivity (Wildman–Crippen MR) is 157 cm³/mol. The minimum Gasteiger partial charge on any atom is -0.396 e. The lowest BCUT2D eigenvalue weighted by molar-refractivity contribution is 0.0969. The van der Waals surface area contributed by atoms with Gasteiger partial charge in [0, 0.05) is 40.3 Å². The number of hydrogen-bond acceptors (Lipinski definition) is 5. The third kappa shape index (κ3) is 5.53. The normalized spacial score (nSPS) is 11.3. The first-order valence-corrected chi connectivity index (χ1v) is 14.3. The number of halogens is 1. The number of pyridine rings is 1. The van der Waals surface area contributed by atoms with Gasteiger partial charge in [0.1, 0.15) is 5.01 Å². The van der Waals surface area contributed by atoms with E-state index in [9.17, 15) is 14.7 Å². The molecule has 0 atom stereocenters. The molecule has 198 valence electrons. The Kier molecular flexibility index (Phi) is 8.98. The van der Waals surface area contributed by atoms with E-state index in [1.165, 1.54) is 11.3 Å². The van der Waals surface area contributed by atoms with Crippen molar-refractivity contribution in [3.05, 3.63) is 91.7 Å². The molecule has 2 heterocycles. The molecule has 0 spiro atoms. The zero-order valence-electron chi connectivity index (χ0n) is 22.3. The van der Waals surface area contributed by atoms with Gasteiger partial charge in [-0.05, 0) is 54.5 Å². The van der Waals surface area contributed by atoms with Crippen LogP contribution in [0.4, 0.5) is 0 Å². The highest BCUT2D eigenvalue weighted by atomic mass is 35.5. The summed E-state index contributed by atoms with van der Waals surface area (Å²) in [5.41, 5.74) is 6.06. The smallest absolute Gasteiger partial charge is 0.265 e. The Morgan fingerprint density at radius 3 is 2.32 bits per heavy atom. The summed E-state index contributed by atoms with van der Waals surface area (Å²) in [6.07, 6.45) is 2.08. The van der Waals surface area contributed by atoms with Gasteiger partial charge in [-0.1, -0.05) is 69.6 Å². The van der Waals surface area contributed by atoms with Crippen molar-refractivity contribution in [1.29, 1.82) is 0 Å². The lowest BCUT2D eigenvalue weighted by atomic mass is 9.94. The van der Waals surface area contributed by atoms with Crippen LogP contribution in [0.2, 0.25) is 5.02 Å². The monoisotopic (exact) mass is 548 g/mol. The first kappa shape index (κ1) is 28.0. The molecule has 1 N–H and O–H groups in total. The van der Waals surface area contributed by atoms with E-state index in [1.54, 1.807) is 10.6 Å². The molecule has 0 amide bonds. The maximum atomic E-state index is 14.4. The van der Waals surface area contributed by atoms with Crippen LogP contribution in [0.25, 0.3) is 27.5 Å². The summed E-state index contributed by atoms with van der Waals surface area (Å²) in [6.45, 7) is 8.11. The molecule has 0 unspecified atom stereocenters. The number of aryl methyl sites for hydroxylation is 2. The number of para-hydroxylation sites is 1. The molecule has 7 heteroatoms. The number of aromatic nitrogens is 2. The average molecular weight is 549 g/mol. The van der Waals surface area contributed by atoms with E-state index in [0.29, 0.717) is 33.3 Å². The first-order valence-electron chi connectivity index (χ1n) is 13.1. The molecule has 2 aromatic heterocycles. The molecule has 0 aliphatic heterocycles. The predicted octanol–water partition coefficient (Wildman–Crippen LogP) is 7.48. The Morgan fingerprint density at radius 1 is 1.08 bits per heavy atom. The summed E-state index contributed by atoms with van der Waals surface area (Å²) in [7, 11) is 0. The van der Waals surface area contributed by atoms with E-state index in [1.807, 2.05) is 61.7 Å². The molecule has 5 nitrogen and oxygen atoms in total. The van der Waals surface area contributed by atoms with Crippen molar-refractivity contribution in [1.82, 2.24) is 9.55 Å². The van der Waals surface area contributed by atoms with Crippen molar-refractivity contribution in [2.24, 2.45) is 0 Å². The number of aliphatic hydroxyl groups excluding tert-OH is 1. The van der Waals surface area contributed by atoms with Crippen molar-refractivity contribution < 1.29 is 9.90 Å². The SMILES string of the molecule is CCc1cccc(CC)c1-n1c(C(C)C)c(C(=O)CCCO)cc(-c2nc(-c3ccc(Cl)cc3)cs2)c1=O. The van der Waals surface area contributed by atoms with Crippen LogP contribution < -0.4 is 5.56 Å². The molecule has 2 aromatic carbocycles. The van der Waals surface area contributed by atoms with Gasteiger partial charge in [0.15, 0.2) is 5.78 Å². The van der Waals surface area contributed by atoms with Gasteiger partial charge in [0.2, 0.25) is 0 Å². The van der Waals surface area contributed by atoms with Crippen LogP contribution in [0, 0.1) is 0 Å². The van der Waals surface area contributed by atoms with Crippen molar-refractivity contribution in [3.8, 4) is 27.5 Å². The van der Waals surface area contributed by atoms with Crippen LogP contribution in [0.15, 0.2) is 58.7 Å². The van der Waals surface area contributed by atoms with Gasteiger partial charge in [-0.15, -0.1) is 11.3 Å². The molecule has 4 aromatic rings. The fourth-order valence-corrected chi connectivity index (χ4v) is 5.79. The summed E-state index contributed by atoms with van der Waals surface area (Å²) >= 11 is 7.44. The number of rotatable bonds is 10. The number of benzene rings is 2. The van der Waals surface area contributed by atoms with E-state index < -0.39 is 0 Å². The molecule has 0 saturated carbocycles. The number of Topliss-reactive ketones (excluding diaryl/α,β-unsaturated/α-hetero) is 1. The molecular formula is C31H33ClN2O3S. The van der Waals surface area contributed by atoms with Crippen molar-refractivity contribution >= 4 is 28.7 Å². The lowest BCUT2D eigenvalue weighted by Gasteiger charge is -2.24. The van der Waals surface area contributed by atoms with Gasteiger partial charge in [0.25, 0.3) is 5.56 Å². The second-order valence-electron chi connectivity index (χ2n) is 9.58. The molecule has 0 aliphatic carbocycles. The van der Waals surface area contributed by atoms with Crippen molar-refractivity contribution in [2.45, 2.75) is 59.3 Å². The van der Waals surface area contributed by atoms with E-state index in [2.05, 4.69) is 13.8 Å². The molecule has 0 fully saturated rings.